The molecule has 3 unspecified atom stereocenters. The van der Waals surface area contributed by atoms with Crippen molar-refractivity contribution < 1.29 is 28.7 Å². The molecule has 33 heavy (non-hydrogen) atoms. The molecule has 0 radical (unpaired) electrons. The minimum absolute atomic E-state index is 0.295. The number of carbonyl (C=O) groups is 5. The number of ether oxygens (including phenoxy) is 1. The molecule has 0 spiro atoms. The van der Waals surface area contributed by atoms with Crippen molar-refractivity contribution >= 4 is 42.0 Å². The van der Waals surface area contributed by atoms with Gasteiger partial charge in [-0.2, -0.15) is 12.6 Å². The van der Waals surface area contributed by atoms with Crippen LogP contribution in [0.25, 0.3) is 0 Å². The minimum atomic E-state index is -1.47. The van der Waals surface area contributed by atoms with Crippen LogP contribution >= 0.6 is 12.6 Å². The zero-order valence-electron chi connectivity index (χ0n) is 20.7. The maximum Gasteiger partial charge on any atom is 0.247 e. The Morgan fingerprint density at radius 3 is 2.06 bits per heavy atom. The van der Waals surface area contributed by atoms with E-state index in [1.807, 2.05) is 13.8 Å². The Balaban J connectivity index is 4.66. The number of nitrogens with one attached hydrogen (secondary N) is 3. The van der Waals surface area contributed by atoms with E-state index in [4.69, 9.17) is 10.5 Å². The summed E-state index contributed by atoms with van der Waals surface area (Å²) in [5.41, 5.74) is 4.88. The molecule has 190 valence electrons. The van der Waals surface area contributed by atoms with Gasteiger partial charge < -0.3 is 26.4 Å². The summed E-state index contributed by atoms with van der Waals surface area (Å²) >= 11 is 4.42. The second-order valence-electron chi connectivity index (χ2n) is 9.25. The molecule has 0 aliphatic rings. The fraction of sp³-hybridized carbons (Fsp3) is 0.773. The van der Waals surface area contributed by atoms with Crippen LogP contribution in [-0.2, 0) is 28.7 Å². The van der Waals surface area contributed by atoms with Crippen molar-refractivity contribution in [2.24, 2.45) is 11.7 Å². The highest BCUT2D eigenvalue weighted by atomic mass is 32.1. The van der Waals surface area contributed by atoms with Gasteiger partial charge in [-0.25, -0.2) is 0 Å². The molecule has 0 saturated carbocycles. The van der Waals surface area contributed by atoms with Crippen molar-refractivity contribution in [3.63, 3.8) is 0 Å². The summed E-state index contributed by atoms with van der Waals surface area (Å²) in [6.07, 6.45) is 2.21. The largest absolute Gasteiger partial charge is 0.376 e. The molecule has 0 rings (SSSR count). The van der Waals surface area contributed by atoms with Gasteiger partial charge >= 0.3 is 0 Å². The molecular weight excluding hydrogens is 448 g/mol. The van der Waals surface area contributed by atoms with Gasteiger partial charge in [-0.1, -0.05) is 27.2 Å². The van der Waals surface area contributed by atoms with Crippen LogP contribution in [0.15, 0.2) is 0 Å². The lowest BCUT2D eigenvalue weighted by Gasteiger charge is -2.29. The molecule has 0 aromatic carbocycles. The van der Waals surface area contributed by atoms with Crippen LogP contribution in [0.2, 0.25) is 0 Å². The van der Waals surface area contributed by atoms with Crippen molar-refractivity contribution in [3.05, 3.63) is 0 Å². The number of hydrogen-bond acceptors (Lipinski definition) is 7. The van der Waals surface area contributed by atoms with Crippen LogP contribution < -0.4 is 21.7 Å². The van der Waals surface area contributed by atoms with E-state index in [1.54, 1.807) is 20.8 Å². The second kappa shape index (κ2) is 13.5. The summed E-state index contributed by atoms with van der Waals surface area (Å²) in [6.45, 7) is 12.1. The third kappa shape index (κ3) is 11.5. The Morgan fingerprint density at radius 2 is 1.58 bits per heavy atom. The normalized spacial score (nSPS) is 15.2. The molecule has 0 aliphatic heterocycles. The molecule has 3 atom stereocenters. The molecule has 0 heterocycles. The number of ketones is 1. The number of rotatable bonds is 15. The second-order valence-corrected chi connectivity index (χ2v) is 10.2. The third-order valence-electron chi connectivity index (χ3n) is 5.03. The van der Waals surface area contributed by atoms with Gasteiger partial charge in [-0.3, -0.25) is 24.0 Å². The van der Waals surface area contributed by atoms with Crippen molar-refractivity contribution in [2.45, 2.75) is 90.2 Å². The SMILES string of the molecule is CCCC(C)(C)OCCC(C)(S)C(=O)NC(C)C(=O)NCC(=O)NC(C(N)=O)C(=O)C(C)C. The molecular formula is C22H40N4O6S. The number of primary amides is 1. The smallest absolute Gasteiger partial charge is 0.247 e. The predicted octanol–water partition coefficient (Wildman–Crippen LogP) is 0.476. The maximum absolute atomic E-state index is 12.6. The first-order valence-corrected chi connectivity index (χ1v) is 11.6. The standard InChI is InChI=1S/C22H40N4O6S/c1-8-9-21(5,6)32-11-10-22(7,33)20(31)25-14(4)19(30)24-12-15(27)26-16(18(23)29)17(28)13(2)3/h13-14,16,33H,8-12H2,1-7H3,(H2,23,29)(H,24,30)(H,25,31)(H,26,27). The average Bonchev–Trinajstić information content (AvgIpc) is 2.68. The zero-order valence-corrected chi connectivity index (χ0v) is 21.6. The van der Waals surface area contributed by atoms with E-state index in [9.17, 15) is 24.0 Å². The van der Waals surface area contributed by atoms with Crippen molar-refractivity contribution in [3.8, 4) is 0 Å². The zero-order chi connectivity index (χ0) is 26.0. The van der Waals surface area contributed by atoms with E-state index >= 15 is 0 Å². The Hall–Kier alpha value is -2.14. The van der Waals surface area contributed by atoms with E-state index in [0.29, 0.717) is 13.0 Å². The van der Waals surface area contributed by atoms with Crippen LogP contribution in [0.4, 0.5) is 0 Å². The van der Waals surface area contributed by atoms with Crippen molar-refractivity contribution in [1.29, 1.82) is 0 Å². The number of carbonyl (C=O) groups excluding carboxylic acids is 5. The molecule has 0 aliphatic carbocycles. The minimum Gasteiger partial charge on any atom is -0.376 e. The number of nitrogens with two attached hydrogens (primary N) is 1. The lowest BCUT2D eigenvalue weighted by Crippen LogP contribution is -2.55. The van der Waals surface area contributed by atoms with Crippen LogP contribution in [0.3, 0.4) is 0 Å². The van der Waals surface area contributed by atoms with E-state index in [0.717, 1.165) is 12.8 Å². The van der Waals surface area contributed by atoms with Gasteiger partial charge in [-0.05, 0) is 40.5 Å². The van der Waals surface area contributed by atoms with Gasteiger partial charge in [0.05, 0.1) is 16.9 Å². The highest BCUT2D eigenvalue weighted by molar-refractivity contribution is 7.82. The summed E-state index contributed by atoms with van der Waals surface area (Å²) in [6, 6.07) is -2.42. The van der Waals surface area contributed by atoms with Gasteiger partial charge in [0.15, 0.2) is 11.8 Å². The first-order chi connectivity index (χ1) is 15.0. The summed E-state index contributed by atoms with van der Waals surface area (Å²) in [4.78, 5) is 60.3. The molecule has 0 aromatic heterocycles. The lowest BCUT2D eigenvalue weighted by molar-refractivity contribution is -0.136. The molecule has 0 fully saturated rings. The van der Waals surface area contributed by atoms with E-state index in [-0.39, 0.29) is 5.60 Å². The average molecular weight is 489 g/mol. The third-order valence-corrected chi connectivity index (χ3v) is 5.46. The summed E-state index contributed by atoms with van der Waals surface area (Å²) in [7, 11) is 0. The summed E-state index contributed by atoms with van der Waals surface area (Å²) in [5, 5.41) is 7.13. The van der Waals surface area contributed by atoms with Gasteiger partial charge in [0.2, 0.25) is 23.6 Å². The van der Waals surface area contributed by atoms with Crippen LogP contribution in [0.1, 0.15) is 67.7 Å². The van der Waals surface area contributed by atoms with Crippen LogP contribution in [-0.4, -0.2) is 65.0 Å². The van der Waals surface area contributed by atoms with Crippen LogP contribution in [0.5, 0.6) is 0 Å². The predicted molar refractivity (Wildman–Crippen MR) is 129 cm³/mol. The summed E-state index contributed by atoms with van der Waals surface area (Å²) < 4.78 is 4.77. The molecule has 10 nitrogen and oxygen atoms in total. The van der Waals surface area contributed by atoms with Crippen molar-refractivity contribution in [1.82, 2.24) is 16.0 Å². The molecule has 5 N–H and O–H groups in total. The van der Waals surface area contributed by atoms with Gasteiger partial charge in [0, 0.05) is 12.5 Å². The van der Waals surface area contributed by atoms with E-state index in [2.05, 4.69) is 35.5 Å². The van der Waals surface area contributed by atoms with E-state index in [1.165, 1.54) is 6.92 Å². The van der Waals surface area contributed by atoms with Gasteiger partial charge in [-0.15, -0.1) is 0 Å². The first-order valence-electron chi connectivity index (χ1n) is 11.1. The topological polar surface area (TPSA) is 157 Å². The highest BCUT2D eigenvalue weighted by Crippen LogP contribution is 2.22. The lowest BCUT2D eigenvalue weighted by atomic mass is 10.0. The Labute approximate surface area is 201 Å². The molecule has 0 saturated heterocycles. The highest BCUT2D eigenvalue weighted by Gasteiger charge is 2.32. The summed E-state index contributed by atoms with van der Waals surface area (Å²) in [5.74, 6) is -3.85. The molecule has 4 amide bonds. The Bertz CT molecular complexity index is 724. The van der Waals surface area contributed by atoms with E-state index < -0.39 is 58.7 Å². The number of hydrogen-bond donors (Lipinski definition) is 5. The number of thiol groups is 1. The molecule has 11 heteroatoms. The fourth-order valence-corrected chi connectivity index (χ4v) is 3.04. The monoisotopic (exact) mass is 488 g/mol. The fourth-order valence-electron chi connectivity index (χ4n) is 2.88. The quantitative estimate of drug-likeness (QED) is 0.167. The molecule has 0 aromatic rings. The number of Topliss-reactive ketones (excluding diaryl/α,β-unsaturated/α-hetero) is 1. The molecule has 0 bridgehead atoms. The van der Waals surface area contributed by atoms with Gasteiger partial charge in [0.1, 0.15) is 6.04 Å². The maximum atomic E-state index is 12.6. The number of amides is 4. The Kier molecular flexibility index (Phi) is 12.7. The Morgan fingerprint density at radius 1 is 1.00 bits per heavy atom. The van der Waals surface area contributed by atoms with Crippen LogP contribution in [0, 0.1) is 5.92 Å². The first kappa shape index (κ1) is 30.9. The van der Waals surface area contributed by atoms with Gasteiger partial charge in [0.25, 0.3) is 0 Å². The van der Waals surface area contributed by atoms with Crippen molar-refractivity contribution in [2.75, 3.05) is 13.2 Å².